The molecule has 156 valence electrons. The second-order valence-electron chi connectivity index (χ2n) is 7.16. The number of ether oxygens (including phenoxy) is 1. The van der Waals surface area contributed by atoms with E-state index < -0.39 is 5.91 Å². The molecular formula is C25H22N2O3S. The molecule has 1 heterocycles. The fourth-order valence-corrected chi connectivity index (χ4v) is 4.27. The summed E-state index contributed by atoms with van der Waals surface area (Å²) < 4.78 is 5.40. The summed E-state index contributed by atoms with van der Waals surface area (Å²) in [6.45, 7) is 4.04. The number of rotatable bonds is 6. The van der Waals surface area contributed by atoms with Gasteiger partial charge < -0.3 is 10.1 Å². The van der Waals surface area contributed by atoms with Crippen LogP contribution in [-0.2, 0) is 9.59 Å². The van der Waals surface area contributed by atoms with E-state index in [4.69, 9.17) is 4.74 Å². The predicted octanol–water partition coefficient (Wildman–Crippen LogP) is 5.30. The zero-order valence-electron chi connectivity index (χ0n) is 17.5. The Labute approximate surface area is 185 Å². The number of hydrogen-bond acceptors (Lipinski definition) is 5. The Morgan fingerprint density at radius 3 is 2.26 bits per heavy atom. The highest BCUT2D eigenvalue weighted by molar-refractivity contribution is 8.04. The maximum atomic E-state index is 13.5. The van der Waals surface area contributed by atoms with Crippen molar-refractivity contribution in [3.63, 3.8) is 0 Å². The van der Waals surface area contributed by atoms with E-state index in [0.29, 0.717) is 16.3 Å². The number of nitrogens with one attached hydrogen (secondary N) is 1. The standard InChI is InChI=1S/C25H22N2O3S/c1-16-13-14-18(15-17(16)2)26-22-23(31-19-9-5-4-6-10-19)25(29)27(24(22)28)20-11-7-8-12-21(20)30-3/h4-15,26H,1-3H3. The van der Waals surface area contributed by atoms with Crippen LogP contribution in [0, 0.1) is 13.8 Å². The van der Waals surface area contributed by atoms with Crippen LogP contribution in [0.2, 0.25) is 0 Å². The Balaban J connectivity index is 1.77. The molecule has 0 aliphatic carbocycles. The summed E-state index contributed by atoms with van der Waals surface area (Å²) >= 11 is 1.27. The average Bonchev–Trinajstić information content (AvgIpc) is 3.01. The van der Waals surface area contributed by atoms with Crippen LogP contribution in [0.4, 0.5) is 11.4 Å². The number of anilines is 2. The molecule has 0 saturated carbocycles. The summed E-state index contributed by atoms with van der Waals surface area (Å²) in [5.41, 5.74) is 3.69. The molecule has 1 N–H and O–H groups in total. The molecular weight excluding hydrogens is 408 g/mol. The third-order valence-electron chi connectivity index (χ3n) is 5.11. The number of carbonyl (C=O) groups is 2. The van der Waals surface area contributed by atoms with Gasteiger partial charge >= 0.3 is 0 Å². The van der Waals surface area contributed by atoms with Crippen LogP contribution in [0.25, 0.3) is 0 Å². The summed E-state index contributed by atoms with van der Waals surface area (Å²) in [4.78, 5) is 29.3. The molecule has 3 aromatic rings. The zero-order chi connectivity index (χ0) is 22.0. The molecule has 4 rings (SSSR count). The lowest BCUT2D eigenvalue weighted by molar-refractivity contribution is -0.120. The first-order valence-electron chi connectivity index (χ1n) is 9.83. The van der Waals surface area contributed by atoms with Crippen LogP contribution in [0.5, 0.6) is 5.75 Å². The van der Waals surface area contributed by atoms with E-state index in [2.05, 4.69) is 5.32 Å². The lowest BCUT2D eigenvalue weighted by Gasteiger charge is -2.18. The van der Waals surface area contributed by atoms with E-state index in [-0.39, 0.29) is 11.6 Å². The maximum Gasteiger partial charge on any atom is 0.283 e. The highest BCUT2D eigenvalue weighted by Gasteiger charge is 2.41. The molecule has 0 spiro atoms. The largest absolute Gasteiger partial charge is 0.495 e. The number of aryl methyl sites for hydroxylation is 2. The van der Waals surface area contributed by atoms with Gasteiger partial charge in [0.25, 0.3) is 11.8 Å². The summed E-state index contributed by atoms with van der Waals surface area (Å²) in [7, 11) is 1.52. The number of amides is 2. The van der Waals surface area contributed by atoms with E-state index in [0.717, 1.165) is 21.7 Å². The van der Waals surface area contributed by atoms with Gasteiger partial charge in [-0.15, -0.1) is 0 Å². The Kier molecular flexibility index (Phi) is 5.82. The number of nitrogens with zero attached hydrogens (tertiary/aromatic N) is 1. The Hall–Kier alpha value is -3.51. The Morgan fingerprint density at radius 1 is 0.839 bits per heavy atom. The second-order valence-corrected chi connectivity index (χ2v) is 8.24. The first kappa shape index (κ1) is 20.8. The number of benzene rings is 3. The van der Waals surface area contributed by atoms with Crippen molar-refractivity contribution in [2.24, 2.45) is 0 Å². The minimum Gasteiger partial charge on any atom is -0.495 e. The number of hydrogen-bond donors (Lipinski definition) is 1. The Morgan fingerprint density at radius 2 is 1.55 bits per heavy atom. The lowest BCUT2D eigenvalue weighted by atomic mass is 10.1. The van der Waals surface area contributed by atoms with Gasteiger partial charge in [-0.2, -0.15) is 0 Å². The number of methoxy groups -OCH3 is 1. The number of para-hydroxylation sites is 2. The molecule has 0 atom stereocenters. The van der Waals surface area contributed by atoms with Gasteiger partial charge in [-0.25, -0.2) is 4.90 Å². The smallest absolute Gasteiger partial charge is 0.283 e. The van der Waals surface area contributed by atoms with Gasteiger partial charge in [0.05, 0.1) is 12.8 Å². The monoisotopic (exact) mass is 430 g/mol. The fraction of sp³-hybridized carbons (Fsp3) is 0.120. The topological polar surface area (TPSA) is 58.6 Å². The lowest BCUT2D eigenvalue weighted by Crippen LogP contribution is -2.32. The summed E-state index contributed by atoms with van der Waals surface area (Å²) in [5.74, 6) is -0.332. The van der Waals surface area contributed by atoms with Gasteiger partial charge in [-0.05, 0) is 61.4 Å². The summed E-state index contributed by atoms with van der Waals surface area (Å²) in [5, 5.41) is 3.20. The van der Waals surface area contributed by atoms with Gasteiger partial charge in [0.1, 0.15) is 16.4 Å². The van der Waals surface area contributed by atoms with Crippen molar-refractivity contribution < 1.29 is 14.3 Å². The SMILES string of the molecule is COc1ccccc1N1C(=O)C(Nc2ccc(C)c(C)c2)=C(Sc2ccccc2)C1=O. The molecule has 0 unspecified atom stereocenters. The van der Waals surface area contributed by atoms with E-state index in [1.165, 1.54) is 23.8 Å². The minimum atomic E-state index is -0.411. The van der Waals surface area contributed by atoms with E-state index in [1.807, 2.05) is 62.4 Å². The maximum absolute atomic E-state index is 13.5. The van der Waals surface area contributed by atoms with E-state index >= 15 is 0 Å². The summed E-state index contributed by atoms with van der Waals surface area (Å²) in [6.07, 6.45) is 0. The Bertz CT molecular complexity index is 1190. The number of thioether (sulfide) groups is 1. The van der Waals surface area contributed by atoms with E-state index in [9.17, 15) is 9.59 Å². The third-order valence-corrected chi connectivity index (χ3v) is 6.20. The molecule has 31 heavy (non-hydrogen) atoms. The van der Waals surface area contributed by atoms with Crippen molar-refractivity contribution in [1.29, 1.82) is 0 Å². The van der Waals surface area contributed by atoms with Gasteiger partial charge in [-0.1, -0.05) is 48.2 Å². The molecule has 1 aliphatic rings. The quantitative estimate of drug-likeness (QED) is 0.538. The van der Waals surface area contributed by atoms with Crippen LogP contribution in [0.3, 0.4) is 0 Å². The average molecular weight is 431 g/mol. The first-order chi connectivity index (χ1) is 15.0. The normalized spacial score (nSPS) is 13.7. The molecule has 1 aliphatic heterocycles. The van der Waals surface area contributed by atoms with Crippen LogP contribution < -0.4 is 15.0 Å². The van der Waals surface area contributed by atoms with Crippen LogP contribution >= 0.6 is 11.8 Å². The summed E-state index contributed by atoms with van der Waals surface area (Å²) in [6, 6.07) is 22.4. The van der Waals surface area contributed by atoms with E-state index in [1.54, 1.807) is 24.3 Å². The van der Waals surface area contributed by atoms with Gasteiger partial charge in [0.15, 0.2) is 0 Å². The fourth-order valence-electron chi connectivity index (χ4n) is 3.32. The molecule has 2 amide bonds. The number of carbonyl (C=O) groups excluding carboxylic acids is 2. The predicted molar refractivity (Wildman–Crippen MR) is 124 cm³/mol. The van der Waals surface area contributed by atoms with Crippen molar-refractivity contribution >= 4 is 35.0 Å². The molecule has 5 nitrogen and oxygen atoms in total. The van der Waals surface area contributed by atoms with Gasteiger partial charge in [0.2, 0.25) is 0 Å². The highest BCUT2D eigenvalue weighted by atomic mass is 32.2. The van der Waals surface area contributed by atoms with Crippen LogP contribution in [-0.4, -0.2) is 18.9 Å². The molecule has 0 radical (unpaired) electrons. The van der Waals surface area contributed by atoms with Crippen molar-refractivity contribution in [3.05, 3.63) is 94.5 Å². The molecule has 6 heteroatoms. The molecule has 0 fully saturated rings. The minimum absolute atomic E-state index is 0.257. The highest BCUT2D eigenvalue weighted by Crippen LogP contribution is 2.40. The molecule has 0 saturated heterocycles. The first-order valence-corrected chi connectivity index (χ1v) is 10.6. The van der Waals surface area contributed by atoms with Crippen molar-refractivity contribution in [1.82, 2.24) is 0 Å². The second kappa shape index (κ2) is 8.70. The van der Waals surface area contributed by atoms with Crippen molar-refractivity contribution in [2.45, 2.75) is 18.7 Å². The van der Waals surface area contributed by atoms with Gasteiger partial charge in [-0.3, -0.25) is 9.59 Å². The molecule has 3 aromatic carbocycles. The van der Waals surface area contributed by atoms with Crippen molar-refractivity contribution in [2.75, 3.05) is 17.3 Å². The van der Waals surface area contributed by atoms with Crippen LogP contribution in [0.1, 0.15) is 11.1 Å². The number of imide groups is 1. The molecule has 0 aromatic heterocycles. The zero-order valence-corrected chi connectivity index (χ0v) is 18.3. The molecule has 0 bridgehead atoms. The van der Waals surface area contributed by atoms with Crippen LogP contribution in [0.15, 0.2) is 88.3 Å². The van der Waals surface area contributed by atoms with Gasteiger partial charge in [0, 0.05) is 10.6 Å². The van der Waals surface area contributed by atoms with Crippen molar-refractivity contribution in [3.8, 4) is 5.75 Å². The third kappa shape index (κ3) is 4.07.